The van der Waals surface area contributed by atoms with Gasteiger partial charge in [0.05, 0.1) is 4.92 Å². The lowest BCUT2D eigenvalue weighted by molar-refractivity contribution is -0.384. The number of anilines is 1. The Hall–Kier alpha value is -2.89. The van der Waals surface area contributed by atoms with Crippen LogP contribution in [0.4, 0.5) is 16.2 Å². The van der Waals surface area contributed by atoms with Crippen LogP contribution >= 0.6 is 0 Å². The van der Waals surface area contributed by atoms with Crippen LogP contribution in [-0.4, -0.2) is 11.0 Å². The van der Waals surface area contributed by atoms with Crippen molar-refractivity contribution in [3.8, 4) is 5.75 Å². The van der Waals surface area contributed by atoms with Gasteiger partial charge in [0.1, 0.15) is 5.75 Å². The highest BCUT2D eigenvalue weighted by Gasteiger charge is 2.07. The van der Waals surface area contributed by atoms with Crippen LogP contribution in [0.15, 0.2) is 54.6 Å². The molecule has 0 atom stereocenters. The molecule has 0 unspecified atom stereocenters. The van der Waals surface area contributed by atoms with Crippen LogP contribution in [0.1, 0.15) is 0 Å². The maximum atomic E-state index is 11.5. The molecule has 2 aromatic carbocycles. The number of nitro benzene ring substituents is 1. The summed E-state index contributed by atoms with van der Waals surface area (Å²) < 4.78 is 5.01. The average molecular weight is 258 g/mol. The Morgan fingerprint density at radius 3 is 2.26 bits per heavy atom. The van der Waals surface area contributed by atoms with Crippen LogP contribution in [0, 0.1) is 10.1 Å². The summed E-state index contributed by atoms with van der Waals surface area (Å²) in [6.07, 6.45) is -0.653. The summed E-state index contributed by atoms with van der Waals surface area (Å²) in [5.41, 5.74) is 0.383. The monoisotopic (exact) mass is 258 g/mol. The number of hydrogen-bond donors (Lipinski definition) is 1. The summed E-state index contributed by atoms with van der Waals surface area (Å²) in [7, 11) is 0. The summed E-state index contributed by atoms with van der Waals surface area (Å²) in [5, 5.41) is 12.9. The van der Waals surface area contributed by atoms with Crippen molar-refractivity contribution in [1.29, 1.82) is 0 Å². The van der Waals surface area contributed by atoms with Crippen LogP contribution < -0.4 is 10.1 Å². The van der Waals surface area contributed by atoms with Gasteiger partial charge in [-0.3, -0.25) is 15.4 Å². The molecule has 0 aromatic heterocycles. The van der Waals surface area contributed by atoms with Crippen molar-refractivity contribution in [1.82, 2.24) is 0 Å². The second kappa shape index (κ2) is 5.63. The van der Waals surface area contributed by atoms with E-state index in [9.17, 15) is 14.9 Å². The molecule has 0 saturated heterocycles. The van der Waals surface area contributed by atoms with E-state index in [0.717, 1.165) is 0 Å². The highest BCUT2D eigenvalue weighted by atomic mass is 16.6. The van der Waals surface area contributed by atoms with Crippen molar-refractivity contribution in [2.45, 2.75) is 0 Å². The van der Waals surface area contributed by atoms with Gasteiger partial charge in [-0.15, -0.1) is 0 Å². The molecular formula is C13H10N2O4. The maximum Gasteiger partial charge on any atom is 0.417 e. The lowest BCUT2D eigenvalue weighted by Crippen LogP contribution is -2.16. The van der Waals surface area contributed by atoms with Gasteiger partial charge >= 0.3 is 6.09 Å². The molecule has 0 spiro atoms. The lowest BCUT2D eigenvalue weighted by atomic mass is 10.3. The minimum Gasteiger partial charge on any atom is -0.410 e. The topological polar surface area (TPSA) is 81.5 Å². The van der Waals surface area contributed by atoms with Gasteiger partial charge < -0.3 is 4.74 Å². The minimum absolute atomic E-state index is 0.0398. The third kappa shape index (κ3) is 3.53. The molecule has 0 fully saturated rings. The highest BCUT2D eigenvalue weighted by Crippen LogP contribution is 2.16. The number of ether oxygens (including phenoxy) is 1. The van der Waals surface area contributed by atoms with Crippen LogP contribution in [-0.2, 0) is 0 Å². The normalized spacial score (nSPS) is 9.68. The number of non-ortho nitro benzene ring substituents is 1. The maximum absolute atomic E-state index is 11.5. The van der Waals surface area contributed by atoms with Crippen LogP contribution in [0.25, 0.3) is 0 Å². The van der Waals surface area contributed by atoms with Gasteiger partial charge in [0.15, 0.2) is 0 Å². The van der Waals surface area contributed by atoms with E-state index in [-0.39, 0.29) is 5.69 Å². The summed E-state index contributed by atoms with van der Waals surface area (Å²) in [6.45, 7) is 0. The van der Waals surface area contributed by atoms with Crippen LogP contribution in [0.3, 0.4) is 0 Å². The van der Waals surface area contributed by atoms with Gasteiger partial charge in [-0.2, -0.15) is 0 Å². The highest BCUT2D eigenvalue weighted by molar-refractivity contribution is 5.86. The predicted octanol–water partition coefficient (Wildman–Crippen LogP) is 3.21. The zero-order valence-electron chi connectivity index (χ0n) is 9.78. The van der Waals surface area contributed by atoms with Crippen molar-refractivity contribution < 1.29 is 14.5 Å². The van der Waals surface area contributed by atoms with Gasteiger partial charge in [0.2, 0.25) is 0 Å². The second-order valence-electron chi connectivity index (χ2n) is 3.63. The number of amides is 1. The summed E-state index contributed by atoms with van der Waals surface area (Å²) in [5.74, 6) is 0.418. The SMILES string of the molecule is O=C(Nc1ccc([N+](=O)[O-])cc1)Oc1ccccc1. The Kier molecular flexibility index (Phi) is 3.72. The van der Waals surface area contributed by atoms with Gasteiger partial charge in [-0.25, -0.2) is 4.79 Å². The molecule has 2 aromatic rings. The first-order valence-corrected chi connectivity index (χ1v) is 5.43. The Morgan fingerprint density at radius 1 is 1.05 bits per heavy atom. The molecule has 0 aliphatic carbocycles. The third-order valence-electron chi connectivity index (χ3n) is 2.28. The third-order valence-corrected chi connectivity index (χ3v) is 2.28. The molecule has 0 aliphatic heterocycles. The quantitative estimate of drug-likeness (QED) is 0.677. The largest absolute Gasteiger partial charge is 0.417 e. The summed E-state index contributed by atoms with van der Waals surface area (Å²) in [4.78, 5) is 21.5. The molecule has 0 aliphatic rings. The first kappa shape index (κ1) is 12.6. The number of hydrogen-bond acceptors (Lipinski definition) is 4. The van der Waals surface area contributed by atoms with Crippen molar-refractivity contribution in [3.63, 3.8) is 0 Å². The lowest BCUT2D eigenvalue weighted by Gasteiger charge is -2.06. The van der Waals surface area contributed by atoms with Crippen molar-refractivity contribution in [3.05, 3.63) is 64.7 Å². The van der Waals surface area contributed by atoms with E-state index in [2.05, 4.69) is 5.32 Å². The van der Waals surface area contributed by atoms with E-state index in [0.29, 0.717) is 11.4 Å². The number of nitrogens with one attached hydrogen (secondary N) is 1. The number of nitro groups is 1. The Bertz CT molecular complexity index is 581. The van der Waals surface area contributed by atoms with E-state index in [1.54, 1.807) is 30.3 Å². The minimum atomic E-state index is -0.653. The zero-order chi connectivity index (χ0) is 13.7. The van der Waals surface area contributed by atoms with Gasteiger partial charge in [0, 0.05) is 17.8 Å². The first-order valence-electron chi connectivity index (χ1n) is 5.43. The van der Waals surface area contributed by atoms with Crippen molar-refractivity contribution >= 4 is 17.5 Å². The molecule has 6 nitrogen and oxygen atoms in total. The Balaban J connectivity index is 1.97. The molecule has 96 valence electrons. The van der Waals surface area contributed by atoms with Gasteiger partial charge in [-0.05, 0) is 24.3 Å². The number of carbonyl (C=O) groups is 1. The molecule has 2 rings (SSSR count). The van der Waals surface area contributed by atoms with E-state index in [1.165, 1.54) is 24.3 Å². The fourth-order valence-electron chi connectivity index (χ4n) is 1.41. The number of carbonyl (C=O) groups excluding carboxylic acids is 1. The number of benzene rings is 2. The molecule has 6 heteroatoms. The van der Waals surface area contributed by atoms with Crippen molar-refractivity contribution in [2.75, 3.05) is 5.32 Å². The Labute approximate surface area is 108 Å². The van der Waals surface area contributed by atoms with E-state index >= 15 is 0 Å². The van der Waals surface area contributed by atoms with E-state index in [1.807, 2.05) is 0 Å². The molecule has 0 radical (unpaired) electrons. The first-order chi connectivity index (χ1) is 9.15. The zero-order valence-corrected chi connectivity index (χ0v) is 9.78. The molecule has 0 bridgehead atoms. The number of rotatable bonds is 3. The average Bonchev–Trinajstić information content (AvgIpc) is 2.40. The second-order valence-corrected chi connectivity index (χ2v) is 3.63. The van der Waals surface area contributed by atoms with Crippen molar-refractivity contribution in [2.24, 2.45) is 0 Å². The fraction of sp³-hybridized carbons (Fsp3) is 0. The number of nitrogens with zero attached hydrogens (tertiary/aromatic N) is 1. The summed E-state index contributed by atoms with van der Waals surface area (Å²) in [6, 6.07) is 14.1. The van der Waals surface area contributed by atoms with Gasteiger partial charge in [-0.1, -0.05) is 18.2 Å². The van der Waals surface area contributed by atoms with Gasteiger partial charge in [0.25, 0.3) is 5.69 Å². The van der Waals surface area contributed by atoms with E-state index < -0.39 is 11.0 Å². The molecular weight excluding hydrogens is 248 g/mol. The van der Waals surface area contributed by atoms with Crippen LogP contribution in [0.2, 0.25) is 0 Å². The number of para-hydroxylation sites is 1. The van der Waals surface area contributed by atoms with E-state index in [4.69, 9.17) is 4.74 Å². The standard InChI is InChI=1S/C13H10N2O4/c16-13(19-12-4-2-1-3-5-12)14-10-6-8-11(9-7-10)15(17)18/h1-9H,(H,14,16). The molecule has 0 heterocycles. The molecule has 1 N–H and O–H groups in total. The van der Waals surface area contributed by atoms with Crippen LogP contribution in [0.5, 0.6) is 5.75 Å². The molecule has 1 amide bonds. The molecule has 19 heavy (non-hydrogen) atoms. The molecule has 0 saturated carbocycles. The summed E-state index contributed by atoms with van der Waals surface area (Å²) >= 11 is 0. The smallest absolute Gasteiger partial charge is 0.410 e. The Morgan fingerprint density at radius 2 is 1.68 bits per heavy atom. The fourth-order valence-corrected chi connectivity index (χ4v) is 1.41. The predicted molar refractivity (Wildman–Crippen MR) is 69.2 cm³/mol.